The predicted octanol–water partition coefficient (Wildman–Crippen LogP) is 6.26. The molecule has 2 aliphatic rings. The molecule has 47 heavy (non-hydrogen) atoms. The molecule has 2 aliphatic carbocycles. The van der Waals surface area contributed by atoms with Crippen molar-refractivity contribution >= 4 is 23.9 Å². The van der Waals surface area contributed by atoms with Gasteiger partial charge in [0, 0.05) is 36.1 Å². The predicted molar refractivity (Wildman–Crippen MR) is 170 cm³/mol. The first kappa shape index (κ1) is 33.0. The van der Waals surface area contributed by atoms with Crippen LogP contribution in [-0.2, 0) is 41.5 Å². The zero-order valence-corrected chi connectivity index (χ0v) is 25.9. The number of carbonyl (C=O) groups excluding carboxylic acids is 4. The lowest BCUT2D eigenvalue weighted by molar-refractivity contribution is -0.145. The molecule has 0 radical (unpaired) electrons. The fraction of sp³-hybridized carbons (Fsp3) is 0.297. The SMILES string of the molecule is C=CC(=O)OCOc1ccc(CCC(=O)Oc2ccc(OC(=O)CCc3ccc(OCOC(=O)C=C)cc3)c3c2C2CCC3C2)cc1. The molecular weight excluding hydrogens is 604 g/mol. The summed E-state index contributed by atoms with van der Waals surface area (Å²) in [4.78, 5) is 48.0. The summed E-state index contributed by atoms with van der Waals surface area (Å²) < 4.78 is 32.1. The minimum absolute atomic E-state index is 0.187. The standard InChI is InChI=1S/C37H36O10/c1-3-32(38)44-22-42-28-13-5-24(6-14-28)9-19-34(40)46-30-17-18-31(37-27-12-11-26(21-27)36(30)37)47-35(41)20-10-25-7-15-29(16-8-25)43-23-45-33(39)4-2/h3-8,13-18,26-27H,1-2,9-12,19-23H2. The highest BCUT2D eigenvalue weighted by atomic mass is 16.7. The molecule has 0 saturated heterocycles. The van der Waals surface area contributed by atoms with Gasteiger partial charge in [0.1, 0.15) is 23.0 Å². The van der Waals surface area contributed by atoms with Crippen molar-refractivity contribution in [1.29, 1.82) is 0 Å². The van der Waals surface area contributed by atoms with Crippen LogP contribution in [0.15, 0.2) is 86.0 Å². The zero-order valence-electron chi connectivity index (χ0n) is 25.9. The van der Waals surface area contributed by atoms with Gasteiger partial charge in [-0.05, 0) is 91.5 Å². The number of rotatable bonds is 16. The zero-order chi connectivity index (χ0) is 33.2. The van der Waals surface area contributed by atoms with Crippen molar-refractivity contribution in [2.75, 3.05) is 13.6 Å². The van der Waals surface area contributed by atoms with Gasteiger partial charge in [-0.3, -0.25) is 9.59 Å². The maximum Gasteiger partial charge on any atom is 0.333 e. The highest BCUT2D eigenvalue weighted by molar-refractivity contribution is 5.81. The summed E-state index contributed by atoms with van der Waals surface area (Å²) in [6.07, 6.45) is 6.44. The van der Waals surface area contributed by atoms with Gasteiger partial charge in [-0.1, -0.05) is 37.4 Å². The van der Waals surface area contributed by atoms with E-state index in [1.807, 2.05) is 24.3 Å². The van der Waals surface area contributed by atoms with Gasteiger partial charge in [-0.2, -0.15) is 0 Å². The van der Waals surface area contributed by atoms with Crippen LogP contribution in [0.4, 0.5) is 0 Å². The Bertz CT molecular complexity index is 1500. The quantitative estimate of drug-likeness (QED) is 0.0767. The molecule has 10 nitrogen and oxygen atoms in total. The van der Waals surface area contributed by atoms with Crippen LogP contribution >= 0.6 is 0 Å². The second-order valence-electron chi connectivity index (χ2n) is 11.2. The monoisotopic (exact) mass is 640 g/mol. The van der Waals surface area contributed by atoms with Crippen LogP contribution in [0.2, 0.25) is 0 Å². The van der Waals surface area contributed by atoms with E-state index in [9.17, 15) is 19.2 Å². The van der Waals surface area contributed by atoms with Gasteiger partial charge in [0.25, 0.3) is 0 Å². The van der Waals surface area contributed by atoms with E-state index >= 15 is 0 Å². The van der Waals surface area contributed by atoms with Crippen LogP contribution in [0.1, 0.15) is 66.2 Å². The Balaban J connectivity index is 1.12. The van der Waals surface area contributed by atoms with E-state index in [1.165, 1.54) is 0 Å². The smallest absolute Gasteiger partial charge is 0.333 e. The van der Waals surface area contributed by atoms with Crippen molar-refractivity contribution in [3.63, 3.8) is 0 Å². The highest BCUT2D eigenvalue weighted by Gasteiger charge is 2.42. The highest BCUT2D eigenvalue weighted by Crippen LogP contribution is 2.58. The van der Waals surface area contributed by atoms with Gasteiger partial charge >= 0.3 is 23.9 Å². The van der Waals surface area contributed by atoms with Crippen LogP contribution in [0.5, 0.6) is 23.0 Å². The Morgan fingerprint density at radius 3 is 1.40 bits per heavy atom. The molecule has 1 fully saturated rings. The normalized spacial score (nSPS) is 15.6. The Labute approximate surface area is 272 Å². The number of fused-ring (bicyclic) bond motifs is 5. The third-order valence-electron chi connectivity index (χ3n) is 8.17. The fourth-order valence-corrected chi connectivity index (χ4v) is 5.90. The number of aryl methyl sites for hydroxylation is 2. The molecular formula is C37H36O10. The van der Waals surface area contributed by atoms with E-state index < -0.39 is 11.9 Å². The van der Waals surface area contributed by atoms with E-state index in [1.54, 1.807) is 36.4 Å². The van der Waals surface area contributed by atoms with E-state index in [0.717, 1.165) is 53.7 Å². The molecule has 0 spiro atoms. The Morgan fingerprint density at radius 1 is 0.617 bits per heavy atom. The average molecular weight is 641 g/mol. The average Bonchev–Trinajstić information content (AvgIpc) is 3.72. The Hall–Kier alpha value is -5.38. The van der Waals surface area contributed by atoms with E-state index in [-0.39, 0.29) is 50.2 Å². The molecule has 5 rings (SSSR count). The molecule has 0 heterocycles. The molecule has 1 saturated carbocycles. The molecule has 3 aromatic rings. The minimum atomic E-state index is -0.566. The lowest BCUT2D eigenvalue weighted by Gasteiger charge is -2.21. The third kappa shape index (κ3) is 8.88. The van der Waals surface area contributed by atoms with Gasteiger partial charge < -0.3 is 28.4 Å². The summed E-state index contributed by atoms with van der Waals surface area (Å²) in [5.41, 5.74) is 3.82. The second-order valence-corrected chi connectivity index (χ2v) is 11.2. The molecule has 0 aromatic heterocycles. The number of hydrogen-bond donors (Lipinski definition) is 0. The maximum absolute atomic E-state index is 12.9. The first-order chi connectivity index (χ1) is 22.8. The van der Waals surface area contributed by atoms with E-state index in [0.29, 0.717) is 35.8 Å². The maximum atomic E-state index is 12.9. The molecule has 0 aliphatic heterocycles. The number of ether oxygens (including phenoxy) is 6. The summed E-state index contributed by atoms with van der Waals surface area (Å²) in [5, 5.41) is 0. The van der Waals surface area contributed by atoms with Crippen LogP contribution in [0, 0.1) is 0 Å². The molecule has 2 unspecified atom stereocenters. The molecule has 0 N–H and O–H groups in total. The van der Waals surface area contributed by atoms with Crippen molar-refractivity contribution in [3.8, 4) is 23.0 Å². The van der Waals surface area contributed by atoms with Gasteiger partial charge in [0.15, 0.2) is 0 Å². The van der Waals surface area contributed by atoms with Crippen LogP contribution in [0.25, 0.3) is 0 Å². The summed E-state index contributed by atoms with van der Waals surface area (Å²) >= 11 is 0. The molecule has 0 amide bonds. The summed E-state index contributed by atoms with van der Waals surface area (Å²) in [5.74, 6) is 0.875. The number of carbonyl (C=O) groups is 4. The van der Waals surface area contributed by atoms with Crippen molar-refractivity contribution in [1.82, 2.24) is 0 Å². The molecule has 2 atom stereocenters. The molecule has 2 bridgehead atoms. The fourth-order valence-electron chi connectivity index (χ4n) is 5.90. The van der Waals surface area contributed by atoms with E-state index in [4.69, 9.17) is 28.4 Å². The summed E-state index contributed by atoms with van der Waals surface area (Å²) in [7, 11) is 0. The van der Waals surface area contributed by atoms with Gasteiger partial charge in [-0.25, -0.2) is 9.59 Å². The summed E-state index contributed by atoms with van der Waals surface area (Å²) in [6.45, 7) is 6.22. The lowest BCUT2D eigenvalue weighted by atomic mass is 9.90. The molecule has 244 valence electrons. The second kappa shape index (κ2) is 15.8. The number of hydrogen-bond acceptors (Lipinski definition) is 10. The Kier molecular flexibility index (Phi) is 11.1. The van der Waals surface area contributed by atoms with Crippen molar-refractivity contribution in [3.05, 3.63) is 108 Å². The van der Waals surface area contributed by atoms with Crippen LogP contribution in [-0.4, -0.2) is 37.5 Å². The van der Waals surface area contributed by atoms with Crippen molar-refractivity contribution in [2.24, 2.45) is 0 Å². The number of esters is 4. The van der Waals surface area contributed by atoms with Crippen LogP contribution < -0.4 is 18.9 Å². The van der Waals surface area contributed by atoms with Crippen LogP contribution in [0.3, 0.4) is 0 Å². The summed E-state index contributed by atoms with van der Waals surface area (Å²) in [6, 6.07) is 17.8. The van der Waals surface area contributed by atoms with Gasteiger partial charge in [0.05, 0.1) is 0 Å². The first-order valence-electron chi connectivity index (χ1n) is 15.4. The number of benzene rings is 3. The van der Waals surface area contributed by atoms with E-state index in [2.05, 4.69) is 13.2 Å². The van der Waals surface area contributed by atoms with Gasteiger partial charge in [0.2, 0.25) is 13.6 Å². The topological polar surface area (TPSA) is 124 Å². The lowest BCUT2D eigenvalue weighted by Crippen LogP contribution is -2.14. The largest absolute Gasteiger partial charge is 0.457 e. The third-order valence-corrected chi connectivity index (χ3v) is 8.17. The minimum Gasteiger partial charge on any atom is -0.457 e. The van der Waals surface area contributed by atoms with Crippen molar-refractivity contribution in [2.45, 2.75) is 56.8 Å². The van der Waals surface area contributed by atoms with Crippen molar-refractivity contribution < 1.29 is 47.6 Å². The van der Waals surface area contributed by atoms with Gasteiger partial charge in [-0.15, -0.1) is 0 Å². The molecule has 10 heteroatoms. The Morgan fingerprint density at radius 2 is 1.02 bits per heavy atom. The first-order valence-corrected chi connectivity index (χ1v) is 15.4. The molecule has 3 aromatic carbocycles.